The number of aromatic nitrogens is 2. The Morgan fingerprint density at radius 1 is 1.40 bits per heavy atom. The van der Waals surface area contributed by atoms with E-state index in [0.29, 0.717) is 11.0 Å². The first-order valence-electron chi connectivity index (χ1n) is 6.55. The first-order chi connectivity index (χ1) is 9.53. The van der Waals surface area contributed by atoms with E-state index < -0.39 is 11.8 Å². The summed E-state index contributed by atoms with van der Waals surface area (Å²) in [5.74, 6) is -1.46. The van der Waals surface area contributed by atoms with Crippen molar-refractivity contribution in [3.63, 3.8) is 0 Å². The Bertz CT molecular complexity index is 698. The molecule has 1 aromatic heterocycles. The van der Waals surface area contributed by atoms with Crippen LogP contribution in [0.1, 0.15) is 43.1 Å². The van der Waals surface area contributed by atoms with Crippen LogP contribution < -0.4 is 5.69 Å². The van der Waals surface area contributed by atoms with Crippen LogP contribution in [0.25, 0.3) is 11.0 Å². The Balaban J connectivity index is 2.70. The molecule has 0 fully saturated rings. The zero-order valence-corrected chi connectivity index (χ0v) is 11.7. The monoisotopic (exact) mass is 280 g/mol. The van der Waals surface area contributed by atoms with E-state index in [2.05, 4.69) is 9.72 Å². The second kappa shape index (κ2) is 5.48. The molecule has 0 bridgehead atoms. The Hall–Kier alpha value is -2.11. The number of hydrogen-bond acceptors (Lipinski definition) is 3. The third kappa shape index (κ3) is 2.21. The van der Waals surface area contributed by atoms with Gasteiger partial charge in [-0.05, 0) is 18.9 Å². The van der Waals surface area contributed by atoms with Crippen LogP contribution in [0.4, 0.5) is 4.39 Å². The Labute approximate surface area is 115 Å². The quantitative estimate of drug-likeness (QED) is 0.876. The predicted molar refractivity (Wildman–Crippen MR) is 73.5 cm³/mol. The molecule has 0 aliphatic rings. The summed E-state index contributed by atoms with van der Waals surface area (Å²) in [6.45, 7) is 3.94. The topological polar surface area (TPSA) is 64.1 Å². The summed E-state index contributed by atoms with van der Waals surface area (Å²) in [6, 6.07) is 2.52. The molecule has 1 heterocycles. The fraction of sp³-hybridized carbons (Fsp3) is 0.429. The van der Waals surface area contributed by atoms with E-state index in [4.69, 9.17) is 0 Å². The van der Waals surface area contributed by atoms with Crippen LogP contribution in [-0.2, 0) is 4.74 Å². The Kier molecular flexibility index (Phi) is 3.92. The first kappa shape index (κ1) is 14.3. The standard InChI is InChI=1S/C14H17FN2O3/c1-4-8(5-2)17-12-7-10(15)9(13(18)20-3)6-11(12)16-14(17)19/h6-8H,4-5H2,1-3H3,(H,16,19). The molecule has 0 aliphatic carbocycles. The van der Waals surface area contributed by atoms with Gasteiger partial charge in [0.05, 0.1) is 23.7 Å². The van der Waals surface area contributed by atoms with Crippen molar-refractivity contribution < 1.29 is 13.9 Å². The molecule has 0 radical (unpaired) electrons. The van der Waals surface area contributed by atoms with Crippen LogP contribution in [0, 0.1) is 5.82 Å². The van der Waals surface area contributed by atoms with Crippen molar-refractivity contribution in [2.24, 2.45) is 0 Å². The third-order valence-electron chi connectivity index (χ3n) is 3.52. The molecule has 0 amide bonds. The number of methoxy groups -OCH3 is 1. The van der Waals surface area contributed by atoms with E-state index in [1.165, 1.54) is 19.2 Å². The van der Waals surface area contributed by atoms with E-state index in [1.54, 1.807) is 4.57 Å². The highest BCUT2D eigenvalue weighted by atomic mass is 19.1. The molecule has 1 aromatic carbocycles. The van der Waals surface area contributed by atoms with Crippen molar-refractivity contribution >= 4 is 17.0 Å². The number of imidazole rings is 1. The van der Waals surface area contributed by atoms with Gasteiger partial charge in [0.25, 0.3) is 0 Å². The summed E-state index contributed by atoms with van der Waals surface area (Å²) in [4.78, 5) is 26.1. The summed E-state index contributed by atoms with van der Waals surface area (Å²) >= 11 is 0. The molecule has 0 atom stereocenters. The molecular weight excluding hydrogens is 263 g/mol. The van der Waals surface area contributed by atoms with E-state index in [1.807, 2.05) is 13.8 Å². The van der Waals surface area contributed by atoms with Gasteiger partial charge in [0.1, 0.15) is 5.82 Å². The zero-order valence-electron chi connectivity index (χ0n) is 11.7. The maximum absolute atomic E-state index is 14.0. The molecule has 1 N–H and O–H groups in total. The Morgan fingerprint density at radius 3 is 2.60 bits per heavy atom. The van der Waals surface area contributed by atoms with Gasteiger partial charge in [0.2, 0.25) is 0 Å². The van der Waals surface area contributed by atoms with Crippen molar-refractivity contribution in [1.29, 1.82) is 0 Å². The smallest absolute Gasteiger partial charge is 0.340 e. The largest absolute Gasteiger partial charge is 0.465 e. The van der Waals surface area contributed by atoms with Gasteiger partial charge in [-0.25, -0.2) is 14.0 Å². The molecule has 0 aliphatic heterocycles. The summed E-state index contributed by atoms with van der Waals surface area (Å²) < 4.78 is 20.0. The average molecular weight is 280 g/mol. The molecule has 0 spiro atoms. The average Bonchev–Trinajstić information content (AvgIpc) is 2.75. The molecule has 0 saturated carbocycles. The normalized spacial score (nSPS) is 11.2. The third-order valence-corrected chi connectivity index (χ3v) is 3.52. The minimum atomic E-state index is -0.763. The lowest BCUT2D eigenvalue weighted by Gasteiger charge is -2.14. The number of ether oxygens (including phenoxy) is 1. The molecule has 5 nitrogen and oxygen atoms in total. The lowest BCUT2D eigenvalue weighted by molar-refractivity contribution is 0.0595. The number of fused-ring (bicyclic) bond motifs is 1. The van der Waals surface area contributed by atoms with Crippen molar-refractivity contribution in [1.82, 2.24) is 9.55 Å². The zero-order chi connectivity index (χ0) is 14.9. The molecule has 108 valence electrons. The number of carbonyl (C=O) groups excluding carboxylic acids is 1. The maximum Gasteiger partial charge on any atom is 0.340 e. The predicted octanol–water partition coefficient (Wildman–Crippen LogP) is 2.62. The van der Waals surface area contributed by atoms with Crippen molar-refractivity contribution in [2.75, 3.05) is 7.11 Å². The van der Waals surface area contributed by atoms with Crippen LogP contribution in [0.3, 0.4) is 0 Å². The molecular formula is C14H17FN2O3. The number of carbonyl (C=O) groups is 1. The fourth-order valence-electron chi connectivity index (χ4n) is 2.43. The van der Waals surface area contributed by atoms with Gasteiger partial charge < -0.3 is 9.72 Å². The summed E-state index contributed by atoms with van der Waals surface area (Å²) in [7, 11) is 1.18. The van der Waals surface area contributed by atoms with Crippen molar-refractivity contribution in [3.05, 3.63) is 34.0 Å². The summed E-state index contributed by atoms with van der Waals surface area (Å²) in [5, 5.41) is 0. The van der Waals surface area contributed by atoms with Crippen LogP contribution in [0.2, 0.25) is 0 Å². The van der Waals surface area contributed by atoms with Gasteiger partial charge in [-0.2, -0.15) is 0 Å². The molecule has 2 aromatic rings. The highest BCUT2D eigenvalue weighted by molar-refractivity contribution is 5.94. The van der Waals surface area contributed by atoms with Gasteiger partial charge in [-0.15, -0.1) is 0 Å². The number of halogens is 1. The maximum atomic E-state index is 14.0. The number of hydrogen-bond donors (Lipinski definition) is 1. The van der Waals surface area contributed by atoms with Crippen LogP contribution >= 0.6 is 0 Å². The lowest BCUT2D eigenvalue weighted by Crippen LogP contribution is -2.21. The molecule has 2 rings (SSSR count). The van der Waals surface area contributed by atoms with E-state index in [-0.39, 0.29) is 17.3 Å². The van der Waals surface area contributed by atoms with E-state index >= 15 is 0 Å². The van der Waals surface area contributed by atoms with Crippen molar-refractivity contribution in [2.45, 2.75) is 32.7 Å². The first-order valence-corrected chi connectivity index (χ1v) is 6.55. The molecule has 6 heteroatoms. The van der Waals surface area contributed by atoms with Gasteiger partial charge in [0, 0.05) is 12.1 Å². The van der Waals surface area contributed by atoms with E-state index in [9.17, 15) is 14.0 Å². The lowest BCUT2D eigenvalue weighted by atomic mass is 10.1. The number of benzene rings is 1. The van der Waals surface area contributed by atoms with Gasteiger partial charge >= 0.3 is 11.7 Å². The molecule has 0 saturated heterocycles. The van der Waals surface area contributed by atoms with Crippen molar-refractivity contribution in [3.8, 4) is 0 Å². The number of esters is 1. The van der Waals surface area contributed by atoms with E-state index in [0.717, 1.165) is 12.8 Å². The number of rotatable bonds is 4. The number of nitrogens with zero attached hydrogens (tertiary/aromatic N) is 1. The summed E-state index contributed by atoms with van der Waals surface area (Å²) in [5.41, 5.74) is 0.422. The number of H-pyrrole nitrogens is 1. The fourth-order valence-corrected chi connectivity index (χ4v) is 2.43. The van der Waals surface area contributed by atoms with Crippen LogP contribution in [-0.4, -0.2) is 22.6 Å². The summed E-state index contributed by atoms with van der Waals surface area (Å²) in [6.07, 6.45) is 1.54. The molecule has 0 unspecified atom stereocenters. The Morgan fingerprint density at radius 2 is 2.05 bits per heavy atom. The highest BCUT2D eigenvalue weighted by Gasteiger charge is 2.19. The molecule has 20 heavy (non-hydrogen) atoms. The second-order valence-electron chi connectivity index (χ2n) is 4.61. The second-order valence-corrected chi connectivity index (χ2v) is 4.61. The minimum absolute atomic E-state index is 0.000346. The minimum Gasteiger partial charge on any atom is -0.465 e. The van der Waals surface area contributed by atoms with Gasteiger partial charge in [-0.3, -0.25) is 4.57 Å². The van der Waals surface area contributed by atoms with Gasteiger partial charge in [-0.1, -0.05) is 13.8 Å². The van der Waals surface area contributed by atoms with Crippen LogP contribution in [0.15, 0.2) is 16.9 Å². The number of aromatic amines is 1. The number of nitrogens with one attached hydrogen (secondary N) is 1. The SMILES string of the molecule is CCC(CC)n1c(=O)[nH]c2cc(C(=O)OC)c(F)cc21. The highest BCUT2D eigenvalue weighted by Crippen LogP contribution is 2.23. The van der Waals surface area contributed by atoms with Crippen LogP contribution in [0.5, 0.6) is 0 Å². The van der Waals surface area contributed by atoms with Gasteiger partial charge in [0.15, 0.2) is 0 Å².